The largest absolute Gasteiger partial charge is 0.310 e. The molecule has 2 nitrogen and oxygen atoms in total. The van der Waals surface area contributed by atoms with Gasteiger partial charge < -0.3 is 9.47 Å². The first-order valence-corrected chi connectivity index (χ1v) is 21.3. The molecular formula is C59H42N2. The molecule has 0 spiro atoms. The van der Waals surface area contributed by atoms with E-state index in [1.54, 1.807) is 0 Å². The first kappa shape index (κ1) is 35.3. The molecule has 2 heteroatoms. The number of nitrogens with zero attached hydrogens (tertiary/aromatic N) is 2. The molecule has 0 saturated carbocycles. The van der Waals surface area contributed by atoms with Gasteiger partial charge in [0.25, 0.3) is 0 Å². The highest BCUT2D eigenvalue weighted by molar-refractivity contribution is 6.12. The van der Waals surface area contributed by atoms with Crippen molar-refractivity contribution in [3.05, 3.63) is 230 Å². The molecule has 12 rings (SSSR count). The highest BCUT2D eigenvalue weighted by atomic mass is 15.1. The van der Waals surface area contributed by atoms with Crippen LogP contribution >= 0.6 is 0 Å². The average Bonchev–Trinajstić information content (AvgIpc) is 3.77. The summed E-state index contributed by atoms with van der Waals surface area (Å²) in [6, 6.07) is 80.5. The van der Waals surface area contributed by atoms with Gasteiger partial charge in [-0.25, -0.2) is 0 Å². The van der Waals surface area contributed by atoms with E-state index < -0.39 is 0 Å². The second kappa shape index (κ2) is 13.7. The summed E-state index contributed by atoms with van der Waals surface area (Å²) in [6.07, 6.45) is 0. The predicted molar refractivity (Wildman–Crippen MR) is 259 cm³/mol. The van der Waals surface area contributed by atoms with Crippen LogP contribution in [-0.4, -0.2) is 4.57 Å². The van der Waals surface area contributed by atoms with Crippen molar-refractivity contribution in [3.63, 3.8) is 0 Å². The molecule has 0 aliphatic heterocycles. The minimum absolute atomic E-state index is 0.195. The molecule has 0 bridgehead atoms. The van der Waals surface area contributed by atoms with Crippen LogP contribution in [-0.2, 0) is 5.41 Å². The summed E-state index contributed by atoms with van der Waals surface area (Å²) in [5, 5.41) is 7.47. The normalized spacial score (nSPS) is 12.9. The molecule has 0 radical (unpaired) electrons. The number of benzene rings is 10. The molecule has 0 N–H and O–H groups in total. The number of anilines is 3. The Bertz CT molecular complexity index is 3500. The second-order valence-corrected chi connectivity index (χ2v) is 16.9. The highest BCUT2D eigenvalue weighted by Gasteiger charge is 2.39. The van der Waals surface area contributed by atoms with Gasteiger partial charge in [0.2, 0.25) is 0 Å². The van der Waals surface area contributed by atoms with Crippen LogP contribution in [0.1, 0.15) is 25.0 Å². The fraction of sp³-hybridized carbons (Fsp3) is 0.0508. The van der Waals surface area contributed by atoms with Crippen LogP contribution in [0.3, 0.4) is 0 Å². The van der Waals surface area contributed by atoms with Crippen molar-refractivity contribution < 1.29 is 0 Å². The Morgan fingerprint density at radius 1 is 0.393 bits per heavy atom. The molecule has 288 valence electrons. The standard InChI is InChI=1S/C59H42N2/c1-59(2)52-28-15-27-49(56(52)50-35-32-41-20-11-12-24-47(41)58(50)59)57-46(40-18-5-3-6-19-40)26-16-30-55(57)60(44-33-31-39-17-9-10-21-42(39)37-44)45-34-36-54-51(38-45)48-25-13-14-29-53(48)61(54)43-22-7-4-8-23-43/h3-38H,1-2H3. The minimum atomic E-state index is -0.195. The lowest BCUT2D eigenvalue weighted by atomic mass is 9.80. The third-order valence-corrected chi connectivity index (χ3v) is 13.1. The zero-order chi connectivity index (χ0) is 40.7. The summed E-state index contributed by atoms with van der Waals surface area (Å²) < 4.78 is 2.40. The van der Waals surface area contributed by atoms with E-state index in [9.17, 15) is 0 Å². The predicted octanol–water partition coefficient (Wildman–Crippen LogP) is 16.2. The lowest BCUT2D eigenvalue weighted by Crippen LogP contribution is -2.15. The molecule has 10 aromatic carbocycles. The summed E-state index contributed by atoms with van der Waals surface area (Å²) in [6.45, 7) is 4.81. The van der Waals surface area contributed by atoms with E-state index in [4.69, 9.17) is 0 Å². The Morgan fingerprint density at radius 2 is 1.02 bits per heavy atom. The maximum absolute atomic E-state index is 2.50. The van der Waals surface area contributed by atoms with E-state index in [-0.39, 0.29) is 5.41 Å². The first-order valence-electron chi connectivity index (χ1n) is 21.3. The van der Waals surface area contributed by atoms with E-state index in [2.05, 4.69) is 242 Å². The average molecular weight is 779 g/mol. The smallest absolute Gasteiger partial charge is 0.0546 e. The van der Waals surface area contributed by atoms with Crippen LogP contribution < -0.4 is 4.90 Å². The number of aromatic nitrogens is 1. The first-order chi connectivity index (χ1) is 30.0. The van der Waals surface area contributed by atoms with Crippen molar-refractivity contribution in [3.8, 4) is 39.1 Å². The number of hydrogen-bond acceptors (Lipinski definition) is 1. The molecule has 1 aromatic heterocycles. The van der Waals surface area contributed by atoms with Gasteiger partial charge in [-0.2, -0.15) is 0 Å². The van der Waals surface area contributed by atoms with Crippen molar-refractivity contribution in [1.82, 2.24) is 4.57 Å². The fourth-order valence-electron chi connectivity index (χ4n) is 10.4. The molecule has 1 aliphatic carbocycles. The van der Waals surface area contributed by atoms with Crippen LogP contribution in [0.5, 0.6) is 0 Å². The third-order valence-electron chi connectivity index (χ3n) is 13.1. The zero-order valence-electron chi connectivity index (χ0n) is 34.2. The molecule has 1 heterocycles. The van der Waals surface area contributed by atoms with Crippen molar-refractivity contribution in [2.24, 2.45) is 0 Å². The minimum Gasteiger partial charge on any atom is -0.310 e. The maximum Gasteiger partial charge on any atom is 0.0546 e. The van der Waals surface area contributed by atoms with E-state index in [1.165, 1.54) is 87.9 Å². The Morgan fingerprint density at radius 3 is 1.85 bits per heavy atom. The van der Waals surface area contributed by atoms with Crippen LogP contribution in [0.15, 0.2) is 218 Å². The molecule has 0 atom stereocenters. The Labute approximate surface area is 356 Å². The van der Waals surface area contributed by atoms with Crippen LogP contribution in [0.2, 0.25) is 0 Å². The van der Waals surface area contributed by atoms with E-state index in [1.807, 2.05) is 0 Å². The summed E-state index contributed by atoms with van der Waals surface area (Å²) in [5.41, 5.74) is 16.9. The molecule has 0 fully saturated rings. The topological polar surface area (TPSA) is 8.17 Å². The maximum atomic E-state index is 2.50. The summed E-state index contributed by atoms with van der Waals surface area (Å²) in [7, 11) is 0. The van der Waals surface area contributed by atoms with Gasteiger partial charge in [-0.05, 0) is 115 Å². The molecular weight excluding hydrogens is 737 g/mol. The summed E-state index contributed by atoms with van der Waals surface area (Å²) in [4.78, 5) is 2.50. The van der Waals surface area contributed by atoms with Crippen molar-refractivity contribution >= 4 is 60.4 Å². The SMILES string of the molecule is CC1(C)c2cccc(-c3c(-c4ccccc4)cccc3N(c3ccc4ccccc4c3)c3ccc4c(c3)c3ccccc3n4-c3ccccc3)c2-c2ccc3ccccc3c21. The number of fused-ring (bicyclic) bond motifs is 9. The molecule has 11 aromatic rings. The van der Waals surface area contributed by atoms with Crippen LogP contribution in [0.4, 0.5) is 17.1 Å². The second-order valence-electron chi connectivity index (χ2n) is 16.9. The quantitative estimate of drug-likeness (QED) is 0.163. The molecule has 0 saturated heterocycles. The summed E-state index contributed by atoms with van der Waals surface area (Å²) in [5.74, 6) is 0. The van der Waals surface area contributed by atoms with Gasteiger partial charge in [-0.15, -0.1) is 0 Å². The molecule has 0 unspecified atom stereocenters. The van der Waals surface area contributed by atoms with Crippen molar-refractivity contribution in [1.29, 1.82) is 0 Å². The van der Waals surface area contributed by atoms with Gasteiger partial charge >= 0.3 is 0 Å². The van der Waals surface area contributed by atoms with Gasteiger partial charge in [0, 0.05) is 38.8 Å². The lowest BCUT2D eigenvalue weighted by Gasteiger charge is -2.30. The van der Waals surface area contributed by atoms with Gasteiger partial charge in [0.1, 0.15) is 0 Å². The number of para-hydroxylation sites is 2. The van der Waals surface area contributed by atoms with Crippen molar-refractivity contribution in [2.75, 3.05) is 4.90 Å². The zero-order valence-corrected chi connectivity index (χ0v) is 34.2. The third kappa shape index (κ3) is 5.42. The van der Waals surface area contributed by atoms with Gasteiger partial charge in [-0.3, -0.25) is 0 Å². The fourth-order valence-corrected chi connectivity index (χ4v) is 10.4. The monoisotopic (exact) mass is 778 g/mol. The highest BCUT2D eigenvalue weighted by Crippen LogP contribution is 2.57. The van der Waals surface area contributed by atoms with Gasteiger partial charge in [0.05, 0.1) is 16.7 Å². The molecule has 0 amide bonds. The number of rotatable bonds is 6. The lowest BCUT2D eigenvalue weighted by molar-refractivity contribution is 0.666. The Balaban J connectivity index is 1.18. The van der Waals surface area contributed by atoms with Crippen LogP contribution in [0, 0.1) is 0 Å². The van der Waals surface area contributed by atoms with Crippen molar-refractivity contribution in [2.45, 2.75) is 19.3 Å². The number of hydrogen-bond donors (Lipinski definition) is 0. The Kier molecular flexibility index (Phi) is 7.92. The summed E-state index contributed by atoms with van der Waals surface area (Å²) >= 11 is 0. The van der Waals surface area contributed by atoms with Crippen LogP contribution in [0.25, 0.3) is 82.4 Å². The van der Waals surface area contributed by atoms with E-state index >= 15 is 0 Å². The van der Waals surface area contributed by atoms with Gasteiger partial charge in [0.15, 0.2) is 0 Å². The van der Waals surface area contributed by atoms with E-state index in [0.717, 1.165) is 22.7 Å². The van der Waals surface area contributed by atoms with Gasteiger partial charge in [-0.1, -0.05) is 178 Å². The molecule has 61 heavy (non-hydrogen) atoms. The Hall–Kier alpha value is -7.68. The van der Waals surface area contributed by atoms with E-state index in [0.29, 0.717) is 0 Å². The molecule has 1 aliphatic rings.